The molecule has 2 aliphatic rings. The maximum atomic E-state index is 14.2. The molecular formula is C34H39FN2O8. The molecule has 0 aliphatic carbocycles. The first-order chi connectivity index (χ1) is 21.8. The van der Waals surface area contributed by atoms with Crippen molar-refractivity contribution in [1.29, 1.82) is 0 Å². The molecule has 2 N–H and O–H groups in total. The van der Waals surface area contributed by atoms with Crippen LogP contribution in [-0.2, 0) is 27.2 Å². The zero-order valence-electron chi connectivity index (χ0n) is 25.9. The summed E-state index contributed by atoms with van der Waals surface area (Å²) in [5, 5.41) is 13.7. The van der Waals surface area contributed by atoms with Crippen LogP contribution in [0, 0.1) is 11.7 Å². The highest BCUT2D eigenvalue weighted by Gasteiger charge is 2.48. The molecule has 3 atom stereocenters. The number of aliphatic carboxylic acids is 1. The molecule has 5 rings (SSSR count). The molecule has 0 aromatic heterocycles. The fraction of sp³-hybridized carbons (Fsp3) is 0.412. The van der Waals surface area contributed by atoms with Crippen molar-refractivity contribution in [3.63, 3.8) is 0 Å². The molecule has 3 aromatic carbocycles. The maximum absolute atomic E-state index is 14.2. The molecule has 1 fully saturated rings. The van der Waals surface area contributed by atoms with Crippen molar-refractivity contribution in [2.75, 3.05) is 52.6 Å². The molecule has 0 saturated carbocycles. The summed E-state index contributed by atoms with van der Waals surface area (Å²) in [5.41, 5.74) is 3.45. The van der Waals surface area contributed by atoms with Crippen LogP contribution in [0.25, 0.3) is 0 Å². The van der Waals surface area contributed by atoms with Gasteiger partial charge in [-0.05, 0) is 71.5 Å². The van der Waals surface area contributed by atoms with E-state index in [1.807, 2.05) is 30.9 Å². The molecule has 3 aromatic rings. The van der Waals surface area contributed by atoms with E-state index in [2.05, 4.69) is 5.32 Å². The zero-order valence-corrected chi connectivity index (χ0v) is 25.9. The van der Waals surface area contributed by atoms with Gasteiger partial charge in [0.25, 0.3) is 0 Å². The number of hydrogen-bond donors (Lipinski definition) is 2. The van der Waals surface area contributed by atoms with E-state index in [4.69, 9.17) is 23.7 Å². The Hall–Kier alpha value is -4.35. The fourth-order valence-electron chi connectivity index (χ4n) is 6.30. The van der Waals surface area contributed by atoms with E-state index in [9.17, 15) is 19.1 Å². The van der Waals surface area contributed by atoms with E-state index in [-0.39, 0.29) is 31.6 Å². The van der Waals surface area contributed by atoms with E-state index >= 15 is 0 Å². The van der Waals surface area contributed by atoms with Crippen molar-refractivity contribution in [2.24, 2.45) is 5.92 Å². The van der Waals surface area contributed by atoms with Crippen LogP contribution in [0.2, 0.25) is 0 Å². The Balaban J connectivity index is 1.50. The van der Waals surface area contributed by atoms with Gasteiger partial charge in [0.15, 0.2) is 11.5 Å². The number of amides is 1. The number of nitrogens with one attached hydrogen (secondary N) is 1. The number of carbonyl (C=O) groups excluding carboxylic acids is 1. The molecule has 45 heavy (non-hydrogen) atoms. The largest absolute Gasteiger partial charge is 0.493 e. The second-order valence-corrected chi connectivity index (χ2v) is 11.1. The first-order valence-electron chi connectivity index (χ1n) is 15.0. The fourth-order valence-corrected chi connectivity index (χ4v) is 6.30. The topological polar surface area (TPSA) is 116 Å². The number of carbonyl (C=O) groups is 2. The van der Waals surface area contributed by atoms with Gasteiger partial charge in [-0.2, -0.15) is 0 Å². The predicted molar refractivity (Wildman–Crippen MR) is 165 cm³/mol. The van der Waals surface area contributed by atoms with Gasteiger partial charge in [0, 0.05) is 31.3 Å². The summed E-state index contributed by atoms with van der Waals surface area (Å²) >= 11 is 0. The van der Waals surface area contributed by atoms with Gasteiger partial charge in [-0.25, -0.2) is 4.39 Å². The summed E-state index contributed by atoms with van der Waals surface area (Å²) in [7, 11) is 3.11. The maximum Gasteiger partial charge on any atom is 0.309 e. The second-order valence-electron chi connectivity index (χ2n) is 11.1. The number of methoxy groups -OCH3 is 2. The molecule has 1 amide bonds. The van der Waals surface area contributed by atoms with Crippen LogP contribution in [0.1, 0.15) is 48.1 Å². The third-order valence-electron chi connectivity index (χ3n) is 8.41. The predicted octanol–water partition coefficient (Wildman–Crippen LogP) is 5.19. The molecule has 240 valence electrons. The van der Waals surface area contributed by atoms with Crippen molar-refractivity contribution in [1.82, 2.24) is 4.90 Å². The van der Waals surface area contributed by atoms with Gasteiger partial charge in [-0.15, -0.1) is 0 Å². The average Bonchev–Trinajstić information content (AvgIpc) is 3.66. The lowest BCUT2D eigenvalue weighted by Crippen LogP contribution is -2.35. The Labute approximate surface area is 262 Å². The number of aryl methyl sites for hydroxylation is 2. The summed E-state index contributed by atoms with van der Waals surface area (Å²) in [6.07, 6.45) is 1.08. The van der Waals surface area contributed by atoms with E-state index in [0.717, 1.165) is 5.56 Å². The molecule has 2 aliphatic heterocycles. The minimum Gasteiger partial charge on any atom is -0.493 e. The summed E-state index contributed by atoms with van der Waals surface area (Å²) in [6.45, 7) is 4.86. The van der Waals surface area contributed by atoms with Crippen molar-refractivity contribution < 1.29 is 42.8 Å². The van der Waals surface area contributed by atoms with E-state index in [0.29, 0.717) is 71.4 Å². The molecule has 1 saturated heterocycles. The Morgan fingerprint density at radius 3 is 2.33 bits per heavy atom. The number of likely N-dealkylation sites (tertiary alicyclic amines) is 1. The van der Waals surface area contributed by atoms with Gasteiger partial charge in [0.05, 0.1) is 26.2 Å². The zero-order chi connectivity index (χ0) is 32.1. The van der Waals surface area contributed by atoms with E-state index < -0.39 is 23.8 Å². The number of anilines is 1. The number of benzene rings is 3. The molecule has 10 nitrogen and oxygen atoms in total. The van der Waals surface area contributed by atoms with Crippen LogP contribution in [-0.4, -0.2) is 69.2 Å². The van der Waals surface area contributed by atoms with Crippen LogP contribution >= 0.6 is 0 Å². The number of fused-ring (bicyclic) bond motifs is 1. The van der Waals surface area contributed by atoms with Crippen LogP contribution in [0.5, 0.6) is 23.0 Å². The van der Waals surface area contributed by atoms with E-state index in [1.165, 1.54) is 19.2 Å². The Bertz CT molecular complexity index is 1500. The summed E-state index contributed by atoms with van der Waals surface area (Å²) in [4.78, 5) is 28.6. The van der Waals surface area contributed by atoms with Crippen LogP contribution in [0.3, 0.4) is 0 Å². The second kappa shape index (κ2) is 14.2. The highest BCUT2D eigenvalue weighted by atomic mass is 19.1. The minimum absolute atomic E-state index is 0.0405. The molecule has 0 radical (unpaired) electrons. The third-order valence-corrected chi connectivity index (χ3v) is 8.41. The lowest BCUT2D eigenvalue weighted by Gasteiger charge is -2.27. The molecule has 2 heterocycles. The molecule has 0 spiro atoms. The molecule has 0 bridgehead atoms. The lowest BCUT2D eigenvalue weighted by atomic mass is 9.82. The number of carboxylic acids is 1. The van der Waals surface area contributed by atoms with Crippen molar-refractivity contribution in [3.8, 4) is 23.0 Å². The highest BCUT2D eigenvalue weighted by molar-refractivity contribution is 5.94. The normalized spacial score (nSPS) is 19.0. The third kappa shape index (κ3) is 6.84. The Morgan fingerprint density at radius 1 is 1.00 bits per heavy atom. The van der Waals surface area contributed by atoms with Gasteiger partial charge in [0.1, 0.15) is 18.2 Å². The average molecular weight is 623 g/mol. The first-order valence-corrected chi connectivity index (χ1v) is 15.0. The summed E-state index contributed by atoms with van der Waals surface area (Å²) in [6, 6.07) is 13.0. The van der Waals surface area contributed by atoms with Gasteiger partial charge in [0.2, 0.25) is 18.4 Å². The molecule has 11 heteroatoms. The molecule has 0 unspecified atom stereocenters. The van der Waals surface area contributed by atoms with Gasteiger partial charge in [-0.1, -0.05) is 26.0 Å². The molecular weight excluding hydrogens is 583 g/mol. The van der Waals surface area contributed by atoms with Crippen LogP contribution in [0.4, 0.5) is 10.1 Å². The number of hydrogen-bond acceptors (Lipinski definition) is 8. The number of nitrogens with zero attached hydrogens (tertiary/aromatic N) is 1. The van der Waals surface area contributed by atoms with Gasteiger partial charge in [-0.3, -0.25) is 14.5 Å². The number of rotatable bonds is 13. The van der Waals surface area contributed by atoms with Crippen molar-refractivity contribution in [2.45, 2.75) is 38.6 Å². The Morgan fingerprint density at radius 2 is 1.71 bits per heavy atom. The monoisotopic (exact) mass is 622 g/mol. The quantitative estimate of drug-likeness (QED) is 0.249. The Kier molecular flexibility index (Phi) is 10.1. The number of ether oxygens (including phenoxy) is 5. The number of carboxylic acid groups (broad SMARTS) is 1. The van der Waals surface area contributed by atoms with Crippen LogP contribution < -0.4 is 24.3 Å². The SMILES string of the molecule is CCc1cc(F)cc(CC)c1NC(=O)CN1C[C@H](c2cc(OC)c3c(c2)OCO3)[C@@H](C(=O)O)[C@@H]1c1ccc(OCCOC)cc1. The first kappa shape index (κ1) is 32.1. The highest BCUT2D eigenvalue weighted by Crippen LogP contribution is 2.50. The summed E-state index contributed by atoms with van der Waals surface area (Å²) in [5.74, 6) is -1.05. The number of halogens is 1. The minimum atomic E-state index is -0.995. The van der Waals surface area contributed by atoms with Gasteiger partial charge < -0.3 is 34.1 Å². The summed E-state index contributed by atoms with van der Waals surface area (Å²) < 4.78 is 41.8. The van der Waals surface area contributed by atoms with Crippen LogP contribution in [0.15, 0.2) is 48.5 Å². The van der Waals surface area contributed by atoms with Crippen molar-refractivity contribution >= 4 is 17.6 Å². The standard InChI is InChI=1S/C34H39FN2O8/c1-5-20-13-24(35)14-21(6-2)31(20)36-29(38)18-37-17-26(23-15-27(42-4)33-28(16-23)44-19-45-33)30(34(39)40)32(37)22-7-9-25(10-8-22)43-12-11-41-3/h7-10,13-16,26,30,32H,5-6,11-12,17-19H2,1-4H3,(H,36,38)(H,39,40)/t26-,30-,32+/m1/s1. The smallest absolute Gasteiger partial charge is 0.309 e. The van der Waals surface area contributed by atoms with E-state index in [1.54, 1.807) is 31.4 Å². The van der Waals surface area contributed by atoms with Crippen molar-refractivity contribution in [3.05, 3.63) is 76.6 Å². The van der Waals surface area contributed by atoms with Gasteiger partial charge >= 0.3 is 5.97 Å². The lowest BCUT2D eigenvalue weighted by molar-refractivity contribution is -0.143.